The molecule has 2 N–H and O–H groups in total. The molecule has 0 radical (unpaired) electrons. The molecule has 1 atom stereocenters. The molecule has 1 aromatic heterocycles. The number of hydrogen-bond donors (Lipinski definition) is 2. The van der Waals surface area contributed by atoms with Crippen molar-refractivity contribution < 1.29 is 9.59 Å². The van der Waals surface area contributed by atoms with E-state index in [0.717, 1.165) is 24.8 Å². The average Bonchev–Trinajstić information content (AvgIpc) is 2.83. The number of fused-ring (bicyclic) bond motifs is 1. The Morgan fingerprint density at radius 3 is 2.45 bits per heavy atom. The largest absolute Gasteiger partial charge is 0.334 e. The second-order valence-electron chi connectivity index (χ2n) is 7.82. The van der Waals surface area contributed by atoms with Crippen LogP contribution in [0.4, 0.5) is 10.5 Å². The number of likely N-dealkylation sites (N-methyl/N-ethyl adjacent to an activating group) is 1. The van der Waals surface area contributed by atoms with Crippen molar-refractivity contribution in [3.63, 3.8) is 0 Å². The number of aromatic nitrogens is 1. The predicted octanol–water partition coefficient (Wildman–Crippen LogP) is 4.03. The third-order valence-electron chi connectivity index (χ3n) is 5.79. The summed E-state index contributed by atoms with van der Waals surface area (Å²) in [4.78, 5) is 30.6. The molecular formula is C25H26N4O2. The molecule has 3 amide bonds. The Labute approximate surface area is 182 Å². The number of hydrogen-bond acceptors (Lipinski definition) is 3. The monoisotopic (exact) mass is 414 g/mol. The number of nitrogens with one attached hydrogen (secondary N) is 2. The van der Waals surface area contributed by atoms with Gasteiger partial charge in [0.15, 0.2) is 0 Å². The molecule has 0 aliphatic heterocycles. The number of anilines is 1. The Balaban J connectivity index is 1.28. The Bertz CT molecular complexity index is 1050. The molecule has 31 heavy (non-hydrogen) atoms. The van der Waals surface area contributed by atoms with E-state index in [1.165, 1.54) is 11.1 Å². The molecule has 0 saturated carbocycles. The predicted molar refractivity (Wildman–Crippen MR) is 121 cm³/mol. The summed E-state index contributed by atoms with van der Waals surface area (Å²) in [6.45, 7) is 0.436. The van der Waals surface area contributed by atoms with Gasteiger partial charge in [0.1, 0.15) is 0 Å². The molecule has 1 unspecified atom stereocenters. The molecule has 0 fully saturated rings. The van der Waals surface area contributed by atoms with Gasteiger partial charge in [-0.3, -0.25) is 9.78 Å². The van der Waals surface area contributed by atoms with Gasteiger partial charge in [-0.15, -0.1) is 0 Å². The highest BCUT2D eigenvalue weighted by molar-refractivity contribution is 6.04. The van der Waals surface area contributed by atoms with Crippen LogP contribution in [-0.2, 0) is 19.4 Å². The van der Waals surface area contributed by atoms with Gasteiger partial charge < -0.3 is 15.5 Å². The lowest BCUT2D eigenvalue weighted by Crippen LogP contribution is -2.45. The summed E-state index contributed by atoms with van der Waals surface area (Å²) in [5, 5.41) is 5.86. The summed E-state index contributed by atoms with van der Waals surface area (Å²) in [5.74, 6) is -0.181. The smallest absolute Gasteiger partial charge is 0.317 e. The molecule has 0 saturated heterocycles. The minimum absolute atomic E-state index is 0.0700. The summed E-state index contributed by atoms with van der Waals surface area (Å²) in [5.41, 5.74) is 4.96. The van der Waals surface area contributed by atoms with Gasteiger partial charge >= 0.3 is 6.03 Å². The lowest BCUT2D eigenvalue weighted by Gasteiger charge is -2.32. The molecule has 3 aromatic rings. The normalized spacial score (nSPS) is 14.9. The van der Waals surface area contributed by atoms with E-state index in [4.69, 9.17) is 0 Å². The number of carbonyl (C=O) groups is 2. The molecule has 0 bridgehead atoms. The first-order valence-corrected chi connectivity index (χ1v) is 10.5. The SMILES string of the molecule is CN(C(=O)NCc1ccc(NC(=O)c2ccncc2)cc1)C1CCc2ccccc2C1. The van der Waals surface area contributed by atoms with Crippen molar-refractivity contribution in [2.75, 3.05) is 12.4 Å². The summed E-state index contributed by atoms with van der Waals surface area (Å²) in [6.07, 6.45) is 6.05. The van der Waals surface area contributed by atoms with Crippen molar-refractivity contribution in [3.8, 4) is 0 Å². The molecule has 1 heterocycles. The highest BCUT2D eigenvalue weighted by atomic mass is 16.2. The first kappa shape index (κ1) is 20.6. The molecule has 6 nitrogen and oxygen atoms in total. The number of amides is 3. The van der Waals surface area contributed by atoms with Gasteiger partial charge in [-0.25, -0.2) is 4.79 Å². The highest BCUT2D eigenvalue weighted by Gasteiger charge is 2.24. The maximum absolute atomic E-state index is 12.6. The zero-order valence-electron chi connectivity index (χ0n) is 17.5. The first-order valence-electron chi connectivity index (χ1n) is 10.5. The molecule has 158 valence electrons. The van der Waals surface area contributed by atoms with E-state index < -0.39 is 0 Å². The third kappa shape index (κ3) is 5.09. The summed E-state index contributed by atoms with van der Waals surface area (Å²) in [7, 11) is 1.87. The van der Waals surface area contributed by atoms with Crippen LogP contribution >= 0.6 is 0 Å². The average molecular weight is 415 g/mol. The van der Waals surface area contributed by atoms with Gasteiger partial charge in [-0.05, 0) is 60.2 Å². The van der Waals surface area contributed by atoms with E-state index in [9.17, 15) is 9.59 Å². The van der Waals surface area contributed by atoms with Crippen molar-refractivity contribution in [1.82, 2.24) is 15.2 Å². The fourth-order valence-electron chi connectivity index (χ4n) is 3.89. The van der Waals surface area contributed by atoms with Crippen LogP contribution in [0.5, 0.6) is 0 Å². The van der Waals surface area contributed by atoms with Gasteiger partial charge in [-0.1, -0.05) is 36.4 Å². The second-order valence-corrected chi connectivity index (χ2v) is 7.82. The molecule has 0 spiro atoms. The minimum Gasteiger partial charge on any atom is -0.334 e. The third-order valence-corrected chi connectivity index (χ3v) is 5.79. The van der Waals surface area contributed by atoms with Crippen LogP contribution in [0, 0.1) is 0 Å². The molecule has 6 heteroatoms. The fraction of sp³-hybridized carbons (Fsp3) is 0.240. The summed E-state index contributed by atoms with van der Waals surface area (Å²) in [6, 6.07) is 19.4. The Hall–Kier alpha value is -3.67. The number of urea groups is 1. The van der Waals surface area contributed by atoms with Crippen molar-refractivity contribution in [1.29, 1.82) is 0 Å². The second kappa shape index (κ2) is 9.43. The van der Waals surface area contributed by atoms with Gasteiger partial charge in [0.2, 0.25) is 0 Å². The van der Waals surface area contributed by atoms with Gasteiger partial charge in [0.05, 0.1) is 0 Å². The number of carbonyl (C=O) groups excluding carboxylic acids is 2. The number of rotatable bonds is 5. The zero-order valence-corrected chi connectivity index (χ0v) is 17.5. The summed E-state index contributed by atoms with van der Waals surface area (Å²) >= 11 is 0. The van der Waals surface area contributed by atoms with E-state index >= 15 is 0 Å². The maximum atomic E-state index is 12.6. The van der Waals surface area contributed by atoms with Crippen LogP contribution < -0.4 is 10.6 Å². The lowest BCUT2D eigenvalue weighted by molar-refractivity contribution is 0.102. The number of nitrogens with zero attached hydrogens (tertiary/aromatic N) is 2. The lowest BCUT2D eigenvalue weighted by atomic mass is 9.88. The number of aryl methyl sites for hydroxylation is 1. The first-order chi connectivity index (χ1) is 15.1. The molecule has 1 aliphatic rings. The molecule has 1 aliphatic carbocycles. The van der Waals surface area contributed by atoms with Crippen LogP contribution in [0.3, 0.4) is 0 Å². The van der Waals surface area contributed by atoms with E-state index in [0.29, 0.717) is 17.8 Å². The van der Waals surface area contributed by atoms with Crippen molar-refractivity contribution >= 4 is 17.6 Å². The fourth-order valence-corrected chi connectivity index (χ4v) is 3.89. The van der Waals surface area contributed by atoms with Crippen molar-refractivity contribution in [3.05, 3.63) is 95.3 Å². The maximum Gasteiger partial charge on any atom is 0.317 e. The standard InChI is InChI=1S/C25H26N4O2/c1-29(23-11-8-19-4-2-3-5-21(19)16-23)25(31)27-17-18-6-9-22(10-7-18)28-24(30)20-12-14-26-15-13-20/h2-7,9-10,12-15,23H,8,11,16-17H2,1H3,(H,27,31)(H,28,30). The van der Waals surface area contributed by atoms with Gasteiger partial charge in [0.25, 0.3) is 5.91 Å². The number of benzene rings is 2. The van der Waals surface area contributed by atoms with Crippen LogP contribution in [0.2, 0.25) is 0 Å². The van der Waals surface area contributed by atoms with Gasteiger partial charge in [-0.2, -0.15) is 0 Å². The molecular weight excluding hydrogens is 388 g/mol. The van der Waals surface area contributed by atoms with Crippen LogP contribution in [0.25, 0.3) is 0 Å². The highest BCUT2D eigenvalue weighted by Crippen LogP contribution is 2.24. The molecule has 4 rings (SSSR count). The Kier molecular flexibility index (Phi) is 6.26. The minimum atomic E-state index is -0.181. The van der Waals surface area contributed by atoms with Crippen LogP contribution in [-0.4, -0.2) is 34.9 Å². The van der Waals surface area contributed by atoms with Gasteiger partial charge in [0, 0.05) is 43.3 Å². The quantitative estimate of drug-likeness (QED) is 0.662. The molecule has 2 aromatic carbocycles. The van der Waals surface area contributed by atoms with E-state index in [-0.39, 0.29) is 18.0 Å². The number of pyridine rings is 1. The van der Waals surface area contributed by atoms with Crippen molar-refractivity contribution in [2.24, 2.45) is 0 Å². The van der Waals surface area contributed by atoms with E-state index in [1.807, 2.05) is 36.2 Å². The van der Waals surface area contributed by atoms with Crippen molar-refractivity contribution in [2.45, 2.75) is 31.8 Å². The van der Waals surface area contributed by atoms with E-state index in [1.54, 1.807) is 24.5 Å². The topological polar surface area (TPSA) is 74.3 Å². The zero-order chi connectivity index (χ0) is 21.6. The Morgan fingerprint density at radius 2 is 1.71 bits per heavy atom. The van der Waals surface area contributed by atoms with E-state index in [2.05, 4.69) is 39.9 Å². The van der Waals surface area contributed by atoms with Crippen LogP contribution in [0.1, 0.15) is 33.5 Å². The Morgan fingerprint density at radius 1 is 1.00 bits per heavy atom. The van der Waals surface area contributed by atoms with Crippen LogP contribution in [0.15, 0.2) is 73.1 Å². The summed E-state index contributed by atoms with van der Waals surface area (Å²) < 4.78 is 0.